The molecule has 0 unspecified atom stereocenters. The second kappa shape index (κ2) is 7.97. The lowest BCUT2D eigenvalue weighted by Crippen LogP contribution is -2.79. The molecular weight excluding hydrogens is 492 g/mol. The molecule has 2 heterocycles. The number of ether oxygens (including phenoxy) is 4. The standard InChI is InChI=1S/C29H34O9/c1-14-17(31)12-28-20(14)21(38-26(28,3)4)23(33)27(5)18(32)11-19-29(13-35-19,37-15(2)30)22(27)24(28)36-25(34)16-9-7-6-8-10-16/h6-10,17-19,21-22,24,31-32H,11-13H2,1-5H3/t17-,18-,19+,21+,22-,24-,27+,28-,29-/m0/s1. The van der Waals surface area contributed by atoms with Crippen molar-refractivity contribution in [3.05, 3.63) is 47.0 Å². The summed E-state index contributed by atoms with van der Waals surface area (Å²) < 4.78 is 24.7. The van der Waals surface area contributed by atoms with Crippen molar-refractivity contribution in [2.24, 2.45) is 16.7 Å². The van der Waals surface area contributed by atoms with Gasteiger partial charge in [0, 0.05) is 13.3 Å². The van der Waals surface area contributed by atoms with E-state index in [2.05, 4.69) is 0 Å². The first-order valence-corrected chi connectivity index (χ1v) is 13.2. The van der Waals surface area contributed by atoms with Gasteiger partial charge >= 0.3 is 11.9 Å². The topological polar surface area (TPSA) is 129 Å². The number of fused-ring (bicyclic) bond motifs is 3. The molecule has 3 aliphatic carbocycles. The Bertz CT molecular complexity index is 1250. The summed E-state index contributed by atoms with van der Waals surface area (Å²) in [4.78, 5) is 40.7. The van der Waals surface area contributed by atoms with Crippen molar-refractivity contribution in [3.8, 4) is 0 Å². The third-order valence-corrected chi connectivity index (χ3v) is 10.2. The van der Waals surface area contributed by atoms with E-state index in [-0.39, 0.29) is 25.2 Å². The van der Waals surface area contributed by atoms with E-state index in [0.29, 0.717) is 16.7 Å². The summed E-state index contributed by atoms with van der Waals surface area (Å²) in [6.07, 6.45) is -4.62. The predicted octanol–water partition coefficient (Wildman–Crippen LogP) is 2.13. The number of Topliss-reactive ketones (excluding diaryl/α,β-unsaturated/α-hetero) is 1. The third kappa shape index (κ3) is 2.93. The first kappa shape index (κ1) is 25.7. The van der Waals surface area contributed by atoms with E-state index in [0.717, 1.165) is 0 Å². The van der Waals surface area contributed by atoms with E-state index in [1.807, 2.05) is 13.8 Å². The van der Waals surface area contributed by atoms with Gasteiger partial charge in [-0.15, -0.1) is 0 Å². The van der Waals surface area contributed by atoms with Crippen LogP contribution in [0.15, 0.2) is 41.5 Å². The molecule has 2 saturated carbocycles. The van der Waals surface area contributed by atoms with Crippen LogP contribution in [-0.2, 0) is 28.5 Å². The first-order valence-electron chi connectivity index (χ1n) is 13.2. The van der Waals surface area contributed by atoms with E-state index < -0.39 is 70.4 Å². The molecule has 9 atom stereocenters. The number of esters is 2. The van der Waals surface area contributed by atoms with Gasteiger partial charge in [0.15, 0.2) is 11.4 Å². The maximum absolute atomic E-state index is 14.5. The predicted molar refractivity (Wildman–Crippen MR) is 132 cm³/mol. The van der Waals surface area contributed by atoms with Crippen LogP contribution in [0.25, 0.3) is 0 Å². The number of carbonyl (C=O) groups is 3. The molecule has 0 spiro atoms. The fourth-order valence-electron chi connectivity index (χ4n) is 8.26. The highest BCUT2D eigenvalue weighted by Gasteiger charge is 2.81. The first-order chi connectivity index (χ1) is 17.8. The monoisotopic (exact) mass is 526 g/mol. The van der Waals surface area contributed by atoms with Crippen LogP contribution in [0, 0.1) is 16.7 Å². The summed E-state index contributed by atoms with van der Waals surface area (Å²) in [7, 11) is 0. The van der Waals surface area contributed by atoms with Gasteiger partial charge in [0.1, 0.15) is 18.3 Å². The zero-order valence-corrected chi connectivity index (χ0v) is 22.2. The van der Waals surface area contributed by atoms with Crippen molar-refractivity contribution in [2.45, 2.75) is 89.2 Å². The number of rotatable bonds is 3. The lowest BCUT2D eigenvalue weighted by atomic mass is 9.49. The van der Waals surface area contributed by atoms with Crippen LogP contribution < -0.4 is 0 Å². The second-order valence-corrected chi connectivity index (χ2v) is 12.2. The minimum atomic E-state index is -1.49. The van der Waals surface area contributed by atoms with Gasteiger partial charge in [-0.3, -0.25) is 9.59 Å². The van der Waals surface area contributed by atoms with E-state index in [1.165, 1.54) is 6.92 Å². The molecule has 4 fully saturated rings. The summed E-state index contributed by atoms with van der Waals surface area (Å²) in [5.41, 5.74) is -3.43. The number of hydrogen-bond donors (Lipinski definition) is 2. The number of aliphatic hydroxyl groups excluding tert-OH is 2. The Morgan fingerprint density at radius 2 is 1.79 bits per heavy atom. The van der Waals surface area contributed by atoms with Crippen molar-refractivity contribution in [2.75, 3.05) is 6.61 Å². The summed E-state index contributed by atoms with van der Waals surface area (Å²) in [5, 5.41) is 22.7. The number of ketones is 1. The number of carbonyl (C=O) groups excluding carboxylic acids is 3. The van der Waals surface area contributed by atoms with Crippen LogP contribution in [0.2, 0.25) is 0 Å². The minimum Gasteiger partial charge on any atom is -0.457 e. The number of benzene rings is 1. The molecule has 2 bridgehead atoms. The molecule has 2 aliphatic heterocycles. The molecule has 9 heteroatoms. The molecule has 5 aliphatic rings. The quantitative estimate of drug-likeness (QED) is 0.450. The Hall–Kier alpha value is -2.59. The van der Waals surface area contributed by atoms with Gasteiger partial charge in [0.25, 0.3) is 0 Å². The molecule has 1 aromatic carbocycles. The van der Waals surface area contributed by atoms with Crippen LogP contribution in [0.3, 0.4) is 0 Å². The van der Waals surface area contributed by atoms with Crippen molar-refractivity contribution in [1.29, 1.82) is 0 Å². The minimum absolute atomic E-state index is 0.000490. The highest BCUT2D eigenvalue weighted by molar-refractivity contribution is 5.95. The van der Waals surface area contributed by atoms with Gasteiger partial charge in [-0.1, -0.05) is 18.2 Å². The smallest absolute Gasteiger partial charge is 0.338 e. The highest BCUT2D eigenvalue weighted by atomic mass is 16.6. The Labute approximate surface area is 221 Å². The average molecular weight is 527 g/mol. The van der Waals surface area contributed by atoms with Gasteiger partial charge in [0.2, 0.25) is 0 Å². The van der Waals surface area contributed by atoms with E-state index in [4.69, 9.17) is 18.9 Å². The number of hydrogen-bond acceptors (Lipinski definition) is 9. The summed E-state index contributed by atoms with van der Waals surface area (Å²) in [5.74, 6) is -2.50. The van der Waals surface area contributed by atoms with Crippen LogP contribution in [0.5, 0.6) is 0 Å². The second-order valence-electron chi connectivity index (χ2n) is 12.2. The normalized spacial score (nSPS) is 44.3. The van der Waals surface area contributed by atoms with E-state index in [1.54, 1.807) is 44.2 Å². The molecule has 0 aromatic heterocycles. The van der Waals surface area contributed by atoms with Crippen molar-refractivity contribution >= 4 is 17.7 Å². The Balaban J connectivity index is 1.64. The van der Waals surface area contributed by atoms with Crippen molar-refractivity contribution < 1.29 is 43.5 Å². The molecule has 204 valence electrons. The molecule has 9 nitrogen and oxygen atoms in total. The molecule has 2 N–H and O–H groups in total. The molecule has 1 aromatic rings. The van der Waals surface area contributed by atoms with Gasteiger partial charge in [-0.2, -0.15) is 0 Å². The molecule has 38 heavy (non-hydrogen) atoms. The van der Waals surface area contributed by atoms with Gasteiger partial charge < -0.3 is 29.2 Å². The molecule has 6 rings (SSSR count). The summed E-state index contributed by atoms with van der Waals surface area (Å²) in [6.45, 7) is 8.40. The number of aliphatic hydroxyl groups is 2. The lowest BCUT2D eigenvalue weighted by Gasteiger charge is -2.64. The largest absolute Gasteiger partial charge is 0.457 e. The Morgan fingerprint density at radius 1 is 1.11 bits per heavy atom. The molecule has 0 radical (unpaired) electrons. The molecule has 2 saturated heterocycles. The average Bonchev–Trinajstić information content (AvgIpc) is 3.24. The van der Waals surface area contributed by atoms with Gasteiger partial charge in [-0.05, 0) is 57.4 Å². The zero-order chi connectivity index (χ0) is 27.4. The van der Waals surface area contributed by atoms with Crippen LogP contribution in [0.1, 0.15) is 57.8 Å². The van der Waals surface area contributed by atoms with Crippen molar-refractivity contribution in [3.63, 3.8) is 0 Å². The SMILES string of the molecule is CC(=O)O[C@@]12CO[C@@H]1C[C@H](O)[C@@]1(C)C(=O)[C@@H]3OC(C)(C)[C@]4(C[C@H](O)C(C)=C34)[C@@H](OC(=O)c3ccccc3)[C@H]21. The molecular formula is C29H34O9. The Kier molecular flexibility index (Phi) is 5.39. The maximum atomic E-state index is 14.5. The van der Waals surface area contributed by atoms with Crippen LogP contribution in [0.4, 0.5) is 0 Å². The fourth-order valence-corrected chi connectivity index (χ4v) is 8.26. The summed E-state index contributed by atoms with van der Waals surface area (Å²) >= 11 is 0. The van der Waals surface area contributed by atoms with Crippen molar-refractivity contribution in [1.82, 2.24) is 0 Å². The van der Waals surface area contributed by atoms with Crippen LogP contribution >= 0.6 is 0 Å². The third-order valence-electron chi connectivity index (χ3n) is 10.2. The van der Waals surface area contributed by atoms with Crippen LogP contribution in [-0.4, -0.2) is 76.3 Å². The summed E-state index contributed by atoms with van der Waals surface area (Å²) in [6, 6.07) is 8.51. The zero-order valence-electron chi connectivity index (χ0n) is 22.2. The van der Waals surface area contributed by atoms with E-state index >= 15 is 0 Å². The maximum Gasteiger partial charge on any atom is 0.338 e. The molecule has 0 amide bonds. The highest BCUT2D eigenvalue weighted by Crippen LogP contribution is 2.70. The van der Waals surface area contributed by atoms with Gasteiger partial charge in [-0.25, -0.2) is 4.79 Å². The van der Waals surface area contributed by atoms with E-state index in [9.17, 15) is 24.6 Å². The Morgan fingerprint density at radius 3 is 2.39 bits per heavy atom. The fraction of sp³-hybridized carbons (Fsp3) is 0.621. The lowest BCUT2D eigenvalue weighted by molar-refractivity contribution is -0.339. The van der Waals surface area contributed by atoms with Gasteiger partial charge in [0.05, 0.1) is 46.7 Å².